The number of hydrogen-bond acceptors (Lipinski definition) is 4. The molecule has 1 atom stereocenters. The molecule has 0 bridgehead atoms. The van der Waals surface area contributed by atoms with Gasteiger partial charge in [0.1, 0.15) is 0 Å². The van der Waals surface area contributed by atoms with Crippen molar-refractivity contribution in [2.45, 2.75) is 19.9 Å². The summed E-state index contributed by atoms with van der Waals surface area (Å²) in [7, 11) is -3.15. The fourth-order valence-electron chi connectivity index (χ4n) is 1.53. The molecule has 21 heavy (non-hydrogen) atoms. The molecule has 9 heteroatoms. The topological polar surface area (TPSA) is 82.6 Å². The van der Waals surface area contributed by atoms with E-state index in [1.54, 1.807) is 11.3 Å². The van der Waals surface area contributed by atoms with Crippen LogP contribution < -0.4 is 15.4 Å². The van der Waals surface area contributed by atoms with Gasteiger partial charge in [-0.05, 0) is 25.3 Å². The van der Waals surface area contributed by atoms with Crippen molar-refractivity contribution in [2.24, 2.45) is 4.99 Å². The van der Waals surface area contributed by atoms with Crippen molar-refractivity contribution in [3.8, 4) is 0 Å². The third-order valence-electron chi connectivity index (χ3n) is 2.41. The maximum atomic E-state index is 10.9. The van der Waals surface area contributed by atoms with Crippen LogP contribution in [-0.2, 0) is 10.0 Å². The van der Waals surface area contributed by atoms with Crippen LogP contribution in [0, 0.1) is 0 Å². The van der Waals surface area contributed by atoms with Crippen LogP contribution in [0.4, 0.5) is 0 Å². The summed E-state index contributed by atoms with van der Waals surface area (Å²) in [5, 5.41) is 8.46. The lowest BCUT2D eigenvalue weighted by molar-refractivity contribution is 0.588. The highest BCUT2D eigenvalue weighted by Gasteiger charge is 2.08. The van der Waals surface area contributed by atoms with Gasteiger partial charge >= 0.3 is 0 Å². The molecule has 122 valence electrons. The average Bonchev–Trinajstić information content (AvgIpc) is 2.87. The van der Waals surface area contributed by atoms with Crippen molar-refractivity contribution in [3.05, 3.63) is 22.4 Å². The van der Waals surface area contributed by atoms with Crippen molar-refractivity contribution in [3.63, 3.8) is 0 Å². The summed E-state index contributed by atoms with van der Waals surface area (Å²) in [5.41, 5.74) is 0. The lowest BCUT2D eigenvalue weighted by atomic mass is 10.3. The second-order valence-electron chi connectivity index (χ2n) is 4.31. The molecule has 0 saturated carbocycles. The van der Waals surface area contributed by atoms with Gasteiger partial charge in [-0.25, -0.2) is 13.1 Å². The minimum absolute atomic E-state index is 0. The molecule has 0 spiro atoms. The van der Waals surface area contributed by atoms with E-state index in [1.165, 1.54) is 4.88 Å². The molecule has 1 aromatic heterocycles. The van der Waals surface area contributed by atoms with Crippen LogP contribution in [0.1, 0.15) is 24.8 Å². The first kappa shape index (κ1) is 20.6. The van der Waals surface area contributed by atoms with Gasteiger partial charge in [0.25, 0.3) is 0 Å². The molecule has 0 radical (unpaired) electrons. The highest BCUT2D eigenvalue weighted by Crippen LogP contribution is 2.17. The Labute approximate surface area is 147 Å². The lowest BCUT2D eigenvalue weighted by Crippen LogP contribution is -2.39. The van der Waals surface area contributed by atoms with E-state index in [-0.39, 0.29) is 30.0 Å². The molecule has 0 aliphatic heterocycles. The molecule has 6 nitrogen and oxygen atoms in total. The predicted octanol–water partition coefficient (Wildman–Crippen LogP) is 1.53. The minimum Gasteiger partial charge on any atom is -0.357 e. The normalized spacial score (nSPS) is 13.4. The van der Waals surface area contributed by atoms with Gasteiger partial charge in [-0.2, -0.15) is 0 Å². The van der Waals surface area contributed by atoms with Crippen LogP contribution in [0.3, 0.4) is 0 Å². The average molecular weight is 446 g/mol. The molecule has 0 fully saturated rings. The summed E-state index contributed by atoms with van der Waals surface area (Å²) >= 11 is 1.69. The Kier molecular flexibility index (Phi) is 10.2. The quantitative estimate of drug-likeness (QED) is 0.257. The Morgan fingerprint density at radius 2 is 2.19 bits per heavy atom. The van der Waals surface area contributed by atoms with E-state index in [4.69, 9.17) is 0 Å². The molecule has 0 aromatic carbocycles. The van der Waals surface area contributed by atoms with E-state index in [2.05, 4.69) is 33.3 Å². The number of nitrogens with zero attached hydrogens (tertiary/aromatic N) is 1. The smallest absolute Gasteiger partial charge is 0.208 e. The number of guanidine groups is 1. The Bertz CT molecular complexity index is 517. The van der Waals surface area contributed by atoms with Gasteiger partial charge in [0, 0.05) is 18.0 Å². The second-order valence-corrected chi connectivity index (χ2v) is 7.12. The summed E-state index contributed by atoms with van der Waals surface area (Å²) < 4.78 is 24.3. The van der Waals surface area contributed by atoms with Gasteiger partial charge in [0.2, 0.25) is 10.0 Å². The molecule has 3 N–H and O–H groups in total. The summed E-state index contributed by atoms with van der Waals surface area (Å²) in [6.45, 7) is 5.49. The highest BCUT2D eigenvalue weighted by molar-refractivity contribution is 14.0. The van der Waals surface area contributed by atoms with E-state index in [1.807, 2.05) is 18.4 Å². The largest absolute Gasteiger partial charge is 0.357 e. The van der Waals surface area contributed by atoms with Crippen molar-refractivity contribution in [1.82, 2.24) is 15.4 Å². The third kappa shape index (κ3) is 9.27. The van der Waals surface area contributed by atoms with Gasteiger partial charge in [0.15, 0.2) is 5.96 Å². The Hall–Kier alpha value is -0.390. The Balaban J connectivity index is 0.00000400. The Morgan fingerprint density at radius 1 is 1.48 bits per heavy atom. The third-order valence-corrected chi connectivity index (χ3v) is 4.20. The van der Waals surface area contributed by atoms with Crippen LogP contribution >= 0.6 is 35.3 Å². The molecule has 1 heterocycles. The van der Waals surface area contributed by atoms with Crippen LogP contribution in [0.2, 0.25) is 0 Å². The summed E-state index contributed by atoms with van der Waals surface area (Å²) in [4.78, 5) is 5.57. The maximum Gasteiger partial charge on any atom is 0.208 e. The minimum atomic E-state index is -3.15. The first-order valence-corrected chi connectivity index (χ1v) is 9.22. The maximum absolute atomic E-state index is 10.9. The van der Waals surface area contributed by atoms with Crippen LogP contribution in [0.25, 0.3) is 0 Å². The van der Waals surface area contributed by atoms with E-state index in [0.717, 1.165) is 12.8 Å². The van der Waals surface area contributed by atoms with Crippen LogP contribution in [-0.4, -0.2) is 40.3 Å². The van der Waals surface area contributed by atoms with Gasteiger partial charge in [-0.1, -0.05) is 6.07 Å². The van der Waals surface area contributed by atoms with Crippen molar-refractivity contribution >= 4 is 51.3 Å². The monoisotopic (exact) mass is 446 g/mol. The molecule has 1 unspecified atom stereocenters. The fraction of sp³-hybridized carbons (Fsp3) is 0.583. The van der Waals surface area contributed by atoms with E-state index >= 15 is 0 Å². The summed E-state index contributed by atoms with van der Waals surface area (Å²) in [5.74, 6) is 0.684. The second kappa shape index (κ2) is 10.4. The lowest BCUT2D eigenvalue weighted by Gasteiger charge is -2.16. The van der Waals surface area contributed by atoms with Crippen LogP contribution in [0.5, 0.6) is 0 Å². The number of nitrogens with one attached hydrogen (secondary N) is 3. The molecular weight excluding hydrogens is 423 g/mol. The molecular formula is C12H23IN4O2S2. The first-order valence-electron chi connectivity index (χ1n) is 6.45. The molecule has 0 aliphatic rings. The predicted molar refractivity (Wildman–Crippen MR) is 100 cm³/mol. The van der Waals surface area contributed by atoms with E-state index in [9.17, 15) is 8.42 Å². The zero-order chi connectivity index (χ0) is 15.0. The number of sulfonamides is 1. The summed E-state index contributed by atoms with van der Waals surface area (Å²) in [6.07, 6.45) is 1.14. The number of hydrogen-bond donors (Lipinski definition) is 3. The van der Waals surface area contributed by atoms with E-state index < -0.39 is 10.0 Å². The van der Waals surface area contributed by atoms with E-state index in [0.29, 0.717) is 19.0 Å². The van der Waals surface area contributed by atoms with Crippen molar-refractivity contribution < 1.29 is 8.42 Å². The standard InChI is InChI=1S/C12H22N4O2S2.HI/c1-4-13-12(14-7-8-15-20(3,17)18)16-10(2)11-6-5-9-19-11;/h5-6,9-10,15H,4,7-8H2,1-3H3,(H2,13,14,16);1H. The first-order chi connectivity index (χ1) is 9.42. The number of aliphatic imine (C=N–C) groups is 1. The Morgan fingerprint density at radius 3 is 2.71 bits per heavy atom. The highest BCUT2D eigenvalue weighted by atomic mass is 127. The molecule has 1 aromatic rings. The molecule has 1 rings (SSSR count). The molecule has 0 amide bonds. The van der Waals surface area contributed by atoms with Gasteiger partial charge in [-0.15, -0.1) is 35.3 Å². The number of thiophene rings is 1. The van der Waals surface area contributed by atoms with Crippen molar-refractivity contribution in [2.75, 3.05) is 25.9 Å². The number of rotatable bonds is 7. The fourth-order valence-corrected chi connectivity index (χ4v) is 2.73. The van der Waals surface area contributed by atoms with Crippen LogP contribution in [0.15, 0.2) is 22.5 Å². The molecule has 0 aliphatic carbocycles. The summed E-state index contributed by atoms with van der Waals surface area (Å²) in [6, 6.07) is 4.24. The van der Waals surface area contributed by atoms with Crippen molar-refractivity contribution in [1.29, 1.82) is 0 Å². The zero-order valence-corrected chi connectivity index (χ0v) is 16.4. The zero-order valence-electron chi connectivity index (χ0n) is 12.4. The molecule has 0 saturated heterocycles. The van der Waals surface area contributed by atoms with Gasteiger partial charge in [0.05, 0.1) is 18.8 Å². The SMILES string of the molecule is CCNC(=NCCNS(C)(=O)=O)NC(C)c1cccs1.I. The van der Waals surface area contributed by atoms with Gasteiger partial charge in [-0.3, -0.25) is 4.99 Å². The number of halogens is 1. The van der Waals surface area contributed by atoms with Gasteiger partial charge < -0.3 is 10.6 Å².